The summed E-state index contributed by atoms with van der Waals surface area (Å²) in [6, 6.07) is 14.9. The van der Waals surface area contributed by atoms with Crippen molar-refractivity contribution in [2.45, 2.75) is 44.1 Å². The molecule has 1 unspecified atom stereocenters. The molecular formula is C31H33N5O2. The number of amides is 1. The maximum absolute atomic E-state index is 12.9. The first-order chi connectivity index (χ1) is 18.6. The van der Waals surface area contributed by atoms with E-state index >= 15 is 0 Å². The molecule has 1 aliphatic heterocycles. The second-order valence-electron chi connectivity index (χ2n) is 10.7. The predicted molar refractivity (Wildman–Crippen MR) is 149 cm³/mol. The predicted octanol–water partition coefficient (Wildman–Crippen LogP) is 5.15. The van der Waals surface area contributed by atoms with Crippen molar-refractivity contribution in [3.63, 3.8) is 0 Å². The maximum Gasteiger partial charge on any atom is 0.225 e. The number of hydrogen-bond donors (Lipinski definition) is 0. The van der Waals surface area contributed by atoms with Gasteiger partial charge in [-0.25, -0.2) is 9.97 Å². The number of fused-ring (bicyclic) bond motifs is 1. The molecule has 7 nitrogen and oxygen atoms in total. The van der Waals surface area contributed by atoms with E-state index in [-0.39, 0.29) is 11.9 Å². The largest absolute Gasteiger partial charge is 0.384 e. The Balaban J connectivity index is 1.37. The molecule has 1 amide bonds. The highest BCUT2D eigenvalue weighted by Gasteiger charge is 2.41. The first-order valence-corrected chi connectivity index (χ1v) is 13.6. The summed E-state index contributed by atoms with van der Waals surface area (Å²) in [6.07, 6.45) is 6.70. The molecule has 2 aliphatic carbocycles. The minimum Gasteiger partial charge on any atom is -0.384 e. The van der Waals surface area contributed by atoms with Crippen LogP contribution in [0.25, 0.3) is 28.1 Å². The van der Waals surface area contributed by atoms with Crippen LogP contribution >= 0.6 is 0 Å². The summed E-state index contributed by atoms with van der Waals surface area (Å²) >= 11 is 0. The van der Waals surface area contributed by atoms with E-state index in [1.807, 2.05) is 24.3 Å². The van der Waals surface area contributed by atoms with Crippen molar-refractivity contribution < 1.29 is 9.53 Å². The van der Waals surface area contributed by atoms with Crippen LogP contribution < -0.4 is 4.90 Å². The number of hydrogen-bond acceptors (Lipinski definition) is 6. The van der Waals surface area contributed by atoms with Crippen LogP contribution in [0, 0.1) is 17.2 Å². The summed E-state index contributed by atoms with van der Waals surface area (Å²) < 4.78 is 5.15. The van der Waals surface area contributed by atoms with Gasteiger partial charge in [0.25, 0.3) is 0 Å². The number of piperazine rings is 1. The maximum atomic E-state index is 12.9. The van der Waals surface area contributed by atoms with Gasteiger partial charge < -0.3 is 14.5 Å². The summed E-state index contributed by atoms with van der Waals surface area (Å²) in [7, 11) is 1.63. The molecule has 3 heterocycles. The molecule has 7 heteroatoms. The molecule has 38 heavy (non-hydrogen) atoms. The Morgan fingerprint density at radius 2 is 2.00 bits per heavy atom. The number of anilines is 1. The number of benzene rings is 1. The van der Waals surface area contributed by atoms with Crippen LogP contribution in [0.4, 0.5) is 5.82 Å². The highest BCUT2D eigenvalue weighted by Crippen LogP contribution is 2.46. The van der Waals surface area contributed by atoms with E-state index in [1.54, 1.807) is 13.2 Å². The number of carbonyl (C=O) groups excluding carboxylic acids is 1. The highest BCUT2D eigenvalue weighted by atomic mass is 16.5. The first kappa shape index (κ1) is 24.6. The van der Waals surface area contributed by atoms with Crippen LogP contribution in [-0.2, 0) is 9.53 Å². The Morgan fingerprint density at radius 3 is 2.71 bits per heavy atom. The van der Waals surface area contributed by atoms with Crippen molar-refractivity contribution in [2.75, 3.05) is 38.3 Å². The molecule has 194 valence electrons. The van der Waals surface area contributed by atoms with Gasteiger partial charge in [0.15, 0.2) is 0 Å². The average Bonchev–Trinajstić information content (AvgIpc) is 3.88. The summed E-state index contributed by atoms with van der Waals surface area (Å²) in [5.74, 6) is 1.86. The summed E-state index contributed by atoms with van der Waals surface area (Å²) in [5.41, 5.74) is 5.50. The van der Waals surface area contributed by atoms with Crippen molar-refractivity contribution in [3.8, 4) is 17.2 Å². The van der Waals surface area contributed by atoms with Crippen LogP contribution in [0.15, 0.2) is 43.0 Å². The Hall–Kier alpha value is -3.76. The lowest BCUT2D eigenvalue weighted by atomic mass is 9.95. The average molecular weight is 508 g/mol. The van der Waals surface area contributed by atoms with Gasteiger partial charge in [-0.3, -0.25) is 4.79 Å². The normalized spacial score (nSPS) is 19.4. The zero-order chi connectivity index (χ0) is 26.2. The van der Waals surface area contributed by atoms with Gasteiger partial charge in [0.05, 0.1) is 41.5 Å². The molecule has 0 bridgehead atoms. The third-order valence-corrected chi connectivity index (χ3v) is 8.09. The van der Waals surface area contributed by atoms with Crippen LogP contribution in [0.1, 0.15) is 55.0 Å². The molecule has 3 fully saturated rings. The van der Waals surface area contributed by atoms with Crippen LogP contribution in [0.3, 0.4) is 0 Å². The Morgan fingerprint density at radius 1 is 1.16 bits per heavy atom. The van der Waals surface area contributed by atoms with Crippen molar-refractivity contribution in [3.05, 3.63) is 59.9 Å². The smallest absolute Gasteiger partial charge is 0.225 e. The van der Waals surface area contributed by atoms with Gasteiger partial charge in [-0.2, -0.15) is 5.26 Å². The zero-order valence-corrected chi connectivity index (χ0v) is 21.9. The Bertz CT molecular complexity index is 1440. The van der Waals surface area contributed by atoms with E-state index in [2.05, 4.69) is 34.6 Å². The molecule has 6 rings (SSSR count). The van der Waals surface area contributed by atoms with Gasteiger partial charge in [-0.15, -0.1) is 0 Å². The molecule has 1 atom stereocenters. The second-order valence-corrected chi connectivity index (χ2v) is 10.7. The lowest BCUT2D eigenvalue weighted by molar-refractivity contribution is -0.135. The van der Waals surface area contributed by atoms with Gasteiger partial charge in [0.2, 0.25) is 5.91 Å². The molecule has 0 spiro atoms. The minimum absolute atomic E-state index is 0.161. The molecule has 1 aromatic carbocycles. The van der Waals surface area contributed by atoms with Crippen LogP contribution in [0.5, 0.6) is 0 Å². The van der Waals surface area contributed by atoms with E-state index in [1.165, 1.54) is 0 Å². The van der Waals surface area contributed by atoms with E-state index in [9.17, 15) is 10.1 Å². The van der Waals surface area contributed by atoms with E-state index in [0.29, 0.717) is 43.5 Å². The van der Waals surface area contributed by atoms with Crippen molar-refractivity contribution in [1.29, 1.82) is 5.26 Å². The van der Waals surface area contributed by atoms with Crippen LogP contribution in [-0.4, -0.2) is 60.2 Å². The SMILES string of the molecule is C=Cc1ccc2c(-c3cc(C#N)c(N4CCN(C(=O)CCOC)C(C5CC5)C4)nc3C3CC3)cccc2n1. The topological polar surface area (TPSA) is 82.4 Å². The van der Waals surface area contributed by atoms with Gasteiger partial charge in [0.1, 0.15) is 11.9 Å². The fourth-order valence-electron chi connectivity index (χ4n) is 5.77. The zero-order valence-electron chi connectivity index (χ0n) is 21.9. The molecule has 0 radical (unpaired) electrons. The van der Waals surface area contributed by atoms with Crippen LogP contribution in [0.2, 0.25) is 0 Å². The number of rotatable bonds is 8. The van der Waals surface area contributed by atoms with Crippen molar-refractivity contribution >= 4 is 28.7 Å². The van der Waals surface area contributed by atoms with Gasteiger partial charge in [-0.05, 0) is 61.4 Å². The standard InChI is InChI=1S/C31H33N5O2/c1-3-23-11-12-25-24(5-4-6-27(25)33-23)26-17-22(18-32)31(34-30(26)21-9-10-21)35-14-15-36(29(37)13-16-38-2)28(19-35)20-7-8-20/h3-6,11-12,17,20-21,28H,1,7-10,13-16,19H2,2H3. The van der Waals surface area contributed by atoms with E-state index < -0.39 is 0 Å². The number of methoxy groups -OCH3 is 1. The van der Waals surface area contributed by atoms with Gasteiger partial charge >= 0.3 is 0 Å². The number of nitrogens with zero attached hydrogens (tertiary/aromatic N) is 5. The van der Waals surface area contributed by atoms with Crippen molar-refractivity contribution in [2.24, 2.45) is 5.92 Å². The van der Waals surface area contributed by atoms with E-state index in [4.69, 9.17) is 14.7 Å². The number of carbonyl (C=O) groups is 1. The molecule has 2 saturated carbocycles. The lowest BCUT2D eigenvalue weighted by Gasteiger charge is -2.42. The lowest BCUT2D eigenvalue weighted by Crippen LogP contribution is -2.56. The second kappa shape index (κ2) is 10.2. The number of nitriles is 1. The quantitative estimate of drug-likeness (QED) is 0.419. The molecule has 2 aromatic heterocycles. The monoisotopic (exact) mass is 507 g/mol. The first-order valence-electron chi connectivity index (χ1n) is 13.6. The Kier molecular flexibility index (Phi) is 6.59. The third-order valence-electron chi connectivity index (χ3n) is 8.09. The summed E-state index contributed by atoms with van der Waals surface area (Å²) in [5, 5.41) is 11.3. The van der Waals surface area contributed by atoms with Crippen molar-refractivity contribution in [1.82, 2.24) is 14.9 Å². The fraction of sp³-hybridized carbons (Fsp3) is 0.419. The molecular weight excluding hydrogens is 474 g/mol. The minimum atomic E-state index is 0.161. The fourth-order valence-corrected chi connectivity index (χ4v) is 5.77. The molecule has 3 aromatic rings. The number of ether oxygens (including phenoxy) is 1. The molecule has 1 saturated heterocycles. The van der Waals surface area contributed by atoms with Gasteiger partial charge in [-0.1, -0.05) is 24.8 Å². The van der Waals surface area contributed by atoms with E-state index in [0.717, 1.165) is 71.5 Å². The molecule has 3 aliphatic rings. The number of pyridine rings is 2. The number of aromatic nitrogens is 2. The Labute approximate surface area is 223 Å². The third kappa shape index (κ3) is 4.65. The summed E-state index contributed by atoms with van der Waals surface area (Å²) in [6.45, 7) is 6.34. The highest BCUT2D eigenvalue weighted by molar-refractivity contribution is 5.96. The molecule has 0 N–H and O–H groups in total. The summed E-state index contributed by atoms with van der Waals surface area (Å²) in [4.78, 5) is 27.2. The van der Waals surface area contributed by atoms with Gasteiger partial charge in [0, 0.05) is 43.6 Å².